The molecular weight excluding hydrogens is 196 g/mol. The second kappa shape index (κ2) is 3.55. The van der Waals surface area contributed by atoms with E-state index in [1.807, 2.05) is 5.48 Å². The minimum atomic E-state index is -1.13. The van der Waals surface area contributed by atoms with E-state index >= 15 is 0 Å². The molecule has 0 aliphatic heterocycles. The topological polar surface area (TPSA) is 82.5 Å². The molecule has 1 aromatic heterocycles. The molecule has 0 saturated carbocycles. The van der Waals surface area contributed by atoms with Crippen molar-refractivity contribution in [3.63, 3.8) is 0 Å². The summed E-state index contributed by atoms with van der Waals surface area (Å²) in [5.41, 5.74) is 2.62. The van der Waals surface area contributed by atoms with E-state index in [1.165, 1.54) is 6.20 Å². The van der Waals surface area contributed by atoms with Crippen LogP contribution in [0.3, 0.4) is 0 Å². The van der Waals surface area contributed by atoms with Crippen molar-refractivity contribution in [1.29, 1.82) is 0 Å². The van der Waals surface area contributed by atoms with Crippen molar-refractivity contribution >= 4 is 22.6 Å². The number of carbonyl (C=O) groups is 1. The summed E-state index contributed by atoms with van der Waals surface area (Å²) in [5.74, 6) is -1.13. The van der Waals surface area contributed by atoms with Crippen LogP contribution in [0.2, 0.25) is 0 Å². The molecule has 3 N–H and O–H groups in total. The molecule has 0 aliphatic rings. The number of nitrogens with one attached hydrogen (secondary N) is 1. The molecule has 1 heterocycles. The van der Waals surface area contributed by atoms with E-state index < -0.39 is 5.97 Å². The Hall–Kier alpha value is -2.14. The SMILES string of the molecule is O=C(O)c1cnc2ccccc2c1NO. The van der Waals surface area contributed by atoms with Crippen LogP contribution in [0.5, 0.6) is 0 Å². The number of aromatic carboxylic acids is 1. The third-order valence-electron chi connectivity index (χ3n) is 2.12. The minimum Gasteiger partial charge on any atom is -0.478 e. The first-order valence-corrected chi connectivity index (χ1v) is 4.25. The lowest BCUT2D eigenvalue weighted by Crippen LogP contribution is -2.04. The number of rotatable bonds is 2. The number of carboxylic acids is 1. The number of aromatic nitrogens is 1. The van der Waals surface area contributed by atoms with Gasteiger partial charge in [0.15, 0.2) is 0 Å². The summed E-state index contributed by atoms with van der Waals surface area (Å²) < 4.78 is 0. The summed E-state index contributed by atoms with van der Waals surface area (Å²) in [4.78, 5) is 14.8. The molecule has 0 radical (unpaired) electrons. The highest BCUT2D eigenvalue weighted by molar-refractivity contribution is 6.03. The van der Waals surface area contributed by atoms with Crippen LogP contribution >= 0.6 is 0 Å². The maximum absolute atomic E-state index is 10.8. The molecule has 5 heteroatoms. The number of pyridine rings is 1. The number of fused-ring (bicyclic) bond motifs is 1. The van der Waals surface area contributed by atoms with Crippen molar-refractivity contribution in [2.75, 3.05) is 5.48 Å². The van der Waals surface area contributed by atoms with Gasteiger partial charge in [-0.05, 0) is 6.07 Å². The van der Waals surface area contributed by atoms with Gasteiger partial charge in [-0.25, -0.2) is 4.79 Å². The summed E-state index contributed by atoms with van der Waals surface area (Å²) in [6.45, 7) is 0. The molecule has 5 nitrogen and oxygen atoms in total. The van der Waals surface area contributed by atoms with Gasteiger partial charge in [-0.15, -0.1) is 0 Å². The first kappa shape index (κ1) is 9.42. The van der Waals surface area contributed by atoms with Gasteiger partial charge >= 0.3 is 5.97 Å². The zero-order valence-electron chi connectivity index (χ0n) is 7.64. The third-order valence-corrected chi connectivity index (χ3v) is 2.12. The molecule has 76 valence electrons. The van der Waals surface area contributed by atoms with Crippen molar-refractivity contribution in [2.24, 2.45) is 0 Å². The summed E-state index contributed by atoms with van der Waals surface area (Å²) >= 11 is 0. The Kier molecular flexibility index (Phi) is 2.23. The molecular formula is C10H8N2O3. The zero-order chi connectivity index (χ0) is 10.8. The number of carboxylic acid groups (broad SMARTS) is 1. The summed E-state index contributed by atoms with van der Waals surface area (Å²) in [7, 11) is 0. The van der Waals surface area contributed by atoms with Crippen molar-refractivity contribution in [3.8, 4) is 0 Å². The Morgan fingerprint density at radius 1 is 1.33 bits per heavy atom. The highest BCUT2D eigenvalue weighted by Gasteiger charge is 2.13. The number of anilines is 1. The molecule has 0 unspecified atom stereocenters. The lowest BCUT2D eigenvalue weighted by atomic mass is 10.1. The second-order valence-corrected chi connectivity index (χ2v) is 2.98. The fraction of sp³-hybridized carbons (Fsp3) is 0. The van der Waals surface area contributed by atoms with Crippen molar-refractivity contribution in [1.82, 2.24) is 4.98 Å². The van der Waals surface area contributed by atoms with Gasteiger partial charge < -0.3 is 5.11 Å². The maximum Gasteiger partial charge on any atom is 0.339 e. The van der Waals surface area contributed by atoms with Gasteiger partial charge in [0.05, 0.1) is 11.2 Å². The monoisotopic (exact) mass is 204 g/mol. The third kappa shape index (κ3) is 1.49. The summed E-state index contributed by atoms with van der Waals surface area (Å²) in [6, 6.07) is 6.96. The van der Waals surface area contributed by atoms with Crippen LogP contribution in [0.1, 0.15) is 10.4 Å². The van der Waals surface area contributed by atoms with Crippen LogP contribution in [-0.2, 0) is 0 Å². The van der Waals surface area contributed by atoms with Gasteiger partial charge in [-0.2, -0.15) is 0 Å². The molecule has 0 fully saturated rings. The molecule has 0 aliphatic carbocycles. The Labute approximate surface area is 85.0 Å². The van der Waals surface area contributed by atoms with Crippen LogP contribution in [-0.4, -0.2) is 21.3 Å². The predicted molar refractivity (Wildman–Crippen MR) is 54.1 cm³/mol. The summed E-state index contributed by atoms with van der Waals surface area (Å²) in [6.07, 6.45) is 1.21. The lowest BCUT2D eigenvalue weighted by molar-refractivity contribution is 0.0697. The molecule has 0 spiro atoms. The van der Waals surface area contributed by atoms with Crippen molar-refractivity contribution < 1.29 is 15.1 Å². The maximum atomic E-state index is 10.8. The Balaban J connectivity index is 2.81. The standard InChI is InChI=1S/C10H8N2O3/c13-10(14)7-5-11-8-4-2-1-3-6(8)9(7)12-15/h1-5,15H,(H,11,12)(H,13,14). The van der Waals surface area contributed by atoms with Crippen LogP contribution in [0.15, 0.2) is 30.5 Å². The molecule has 0 atom stereocenters. The number of para-hydroxylation sites is 1. The van der Waals surface area contributed by atoms with Crippen LogP contribution < -0.4 is 5.48 Å². The minimum absolute atomic E-state index is 0.0591. The fourth-order valence-electron chi connectivity index (χ4n) is 1.42. The molecule has 0 saturated heterocycles. The van der Waals surface area contributed by atoms with E-state index in [-0.39, 0.29) is 11.3 Å². The number of nitrogens with zero attached hydrogens (tertiary/aromatic N) is 1. The number of hydrogen-bond donors (Lipinski definition) is 3. The first-order valence-electron chi connectivity index (χ1n) is 4.25. The average Bonchev–Trinajstić information content (AvgIpc) is 2.27. The van der Waals surface area contributed by atoms with Gasteiger partial charge in [-0.3, -0.25) is 15.7 Å². The normalized spacial score (nSPS) is 10.2. The smallest absolute Gasteiger partial charge is 0.339 e. The van der Waals surface area contributed by atoms with Crippen LogP contribution in [0.4, 0.5) is 5.69 Å². The van der Waals surface area contributed by atoms with Gasteiger partial charge in [-0.1, -0.05) is 18.2 Å². The highest BCUT2D eigenvalue weighted by atomic mass is 16.5. The second-order valence-electron chi connectivity index (χ2n) is 2.98. The van der Waals surface area contributed by atoms with E-state index in [9.17, 15) is 4.79 Å². The van der Waals surface area contributed by atoms with Gasteiger partial charge in [0.25, 0.3) is 0 Å². The Morgan fingerprint density at radius 3 is 2.73 bits per heavy atom. The predicted octanol–water partition coefficient (Wildman–Crippen LogP) is 1.73. The molecule has 0 amide bonds. The molecule has 15 heavy (non-hydrogen) atoms. The van der Waals surface area contributed by atoms with Gasteiger partial charge in [0.2, 0.25) is 0 Å². The highest BCUT2D eigenvalue weighted by Crippen LogP contribution is 2.24. The number of benzene rings is 1. The summed E-state index contributed by atoms with van der Waals surface area (Å²) in [5, 5.41) is 18.4. The van der Waals surface area contributed by atoms with Crippen molar-refractivity contribution in [3.05, 3.63) is 36.0 Å². The van der Waals surface area contributed by atoms with Gasteiger partial charge in [0, 0.05) is 11.6 Å². The molecule has 2 rings (SSSR count). The zero-order valence-corrected chi connectivity index (χ0v) is 7.64. The van der Waals surface area contributed by atoms with E-state index in [4.69, 9.17) is 10.3 Å². The first-order chi connectivity index (χ1) is 7.24. The largest absolute Gasteiger partial charge is 0.478 e. The van der Waals surface area contributed by atoms with Gasteiger partial charge in [0.1, 0.15) is 5.56 Å². The fourth-order valence-corrected chi connectivity index (χ4v) is 1.42. The average molecular weight is 204 g/mol. The van der Waals surface area contributed by atoms with E-state index in [2.05, 4.69) is 4.98 Å². The van der Waals surface area contributed by atoms with E-state index in [1.54, 1.807) is 24.3 Å². The number of hydrogen-bond acceptors (Lipinski definition) is 4. The van der Waals surface area contributed by atoms with Crippen LogP contribution in [0.25, 0.3) is 10.9 Å². The Morgan fingerprint density at radius 2 is 2.07 bits per heavy atom. The molecule has 1 aromatic carbocycles. The van der Waals surface area contributed by atoms with E-state index in [0.717, 1.165) is 0 Å². The van der Waals surface area contributed by atoms with Crippen LogP contribution in [0, 0.1) is 0 Å². The Bertz CT molecular complexity index is 525. The van der Waals surface area contributed by atoms with E-state index in [0.29, 0.717) is 10.9 Å². The quantitative estimate of drug-likeness (QED) is 0.649. The molecule has 2 aromatic rings. The van der Waals surface area contributed by atoms with Crippen molar-refractivity contribution in [2.45, 2.75) is 0 Å². The molecule has 0 bridgehead atoms. The lowest BCUT2D eigenvalue weighted by Gasteiger charge is -2.07.